The molecule has 0 aromatic carbocycles. The van der Waals surface area contributed by atoms with Crippen molar-refractivity contribution in [3.63, 3.8) is 0 Å². The monoisotopic (exact) mass is 300 g/mol. The summed E-state index contributed by atoms with van der Waals surface area (Å²) in [6.45, 7) is 4.22. The molecule has 1 saturated carbocycles. The van der Waals surface area contributed by atoms with E-state index in [-0.39, 0.29) is 28.4 Å². The Bertz CT molecular complexity index is 602. The smallest absolute Gasteiger partial charge is 0.289 e. The third-order valence-corrected chi connectivity index (χ3v) is 4.41. The molecule has 2 rings (SSSR count). The minimum atomic E-state index is -3.86. The number of hydrogen-bond donors (Lipinski definition) is 1. The molecule has 0 spiro atoms. The zero-order chi connectivity index (χ0) is 14.9. The Labute approximate surface area is 119 Å². The van der Waals surface area contributed by atoms with E-state index in [0.29, 0.717) is 6.54 Å². The average Bonchev–Trinajstić information content (AvgIpc) is 3.10. The SMILES string of the molecule is CCCCN(C(=O)c1cc(S(N)(=O)=O)c(C)o1)C1CC1. The molecule has 0 aliphatic heterocycles. The Morgan fingerprint density at radius 2 is 2.15 bits per heavy atom. The highest BCUT2D eigenvalue weighted by atomic mass is 32.2. The molecule has 0 radical (unpaired) electrons. The van der Waals surface area contributed by atoms with Gasteiger partial charge in [0.25, 0.3) is 5.91 Å². The standard InChI is InChI=1S/C13H20N2O4S/c1-3-4-7-15(10-5-6-10)13(16)11-8-12(9(2)19-11)20(14,17)18/h8,10H,3-7H2,1-2H3,(H2,14,17,18). The van der Waals surface area contributed by atoms with Crippen LogP contribution in [0.1, 0.15) is 48.9 Å². The molecule has 20 heavy (non-hydrogen) atoms. The van der Waals surface area contributed by atoms with Crippen molar-refractivity contribution in [1.29, 1.82) is 0 Å². The van der Waals surface area contributed by atoms with Crippen LogP contribution in [-0.4, -0.2) is 31.8 Å². The Morgan fingerprint density at radius 3 is 2.60 bits per heavy atom. The van der Waals surface area contributed by atoms with Crippen LogP contribution >= 0.6 is 0 Å². The number of carbonyl (C=O) groups is 1. The summed E-state index contributed by atoms with van der Waals surface area (Å²) >= 11 is 0. The highest BCUT2D eigenvalue weighted by molar-refractivity contribution is 7.89. The fourth-order valence-electron chi connectivity index (χ4n) is 2.16. The molecule has 1 aliphatic rings. The van der Waals surface area contributed by atoms with Crippen molar-refractivity contribution < 1.29 is 17.6 Å². The van der Waals surface area contributed by atoms with Gasteiger partial charge in [0.15, 0.2) is 5.76 Å². The first-order valence-corrected chi connectivity index (χ1v) is 8.33. The molecule has 0 bridgehead atoms. The van der Waals surface area contributed by atoms with Crippen LogP contribution < -0.4 is 5.14 Å². The molecule has 1 aromatic heterocycles. The van der Waals surface area contributed by atoms with Crippen LogP contribution in [0.5, 0.6) is 0 Å². The molecule has 1 amide bonds. The molecule has 112 valence electrons. The fraction of sp³-hybridized carbons (Fsp3) is 0.615. The number of nitrogens with zero attached hydrogens (tertiary/aromatic N) is 1. The van der Waals surface area contributed by atoms with Crippen molar-refractivity contribution in [3.05, 3.63) is 17.6 Å². The average molecular weight is 300 g/mol. The number of unbranched alkanes of at least 4 members (excludes halogenated alkanes) is 1. The van der Waals surface area contributed by atoms with Crippen molar-refractivity contribution in [2.45, 2.75) is 50.5 Å². The topological polar surface area (TPSA) is 93.6 Å². The number of primary sulfonamides is 1. The molecule has 0 saturated heterocycles. The molecular formula is C13H20N2O4S. The first-order chi connectivity index (χ1) is 9.34. The normalized spacial score (nSPS) is 15.3. The molecular weight excluding hydrogens is 280 g/mol. The van der Waals surface area contributed by atoms with Crippen LogP contribution in [0.15, 0.2) is 15.4 Å². The summed E-state index contributed by atoms with van der Waals surface area (Å²) in [5.41, 5.74) is 0. The van der Waals surface area contributed by atoms with Crippen LogP contribution in [0.3, 0.4) is 0 Å². The maximum Gasteiger partial charge on any atom is 0.289 e. The summed E-state index contributed by atoms with van der Waals surface area (Å²) in [7, 11) is -3.86. The maximum absolute atomic E-state index is 12.4. The zero-order valence-corrected chi connectivity index (χ0v) is 12.6. The molecule has 0 unspecified atom stereocenters. The van der Waals surface area contributed by atoms with E-state index < -0.39 is 10.0 Å². The van der Waals surface area contributed by atoms with E-state index in [1.807, 2.05) is 0 Å². The largest absolute Gasteiger partial charge is 0.455 e. The number of hydrogen-bond acceptors (Lipinski definition) is 4. The summed E-state index contributed by atoms with van der Waals surface area (Å²) in [5.74, 6) is -0.0458. The molecule has 2 N–H and O–H groups in total. The Kier molecular flexibility index (Phi) is 4.19. The molecule has 1 aliphatic carbocycles. The summed E-state index contributed by atoms with van der Waals surface area (Å²) in [5, 5.41) is 5.09. The minimum Gasteiger partial charge on any atom is -0.455 e. The van der Waals surface area contributed by atoms with E-state index >= 15 is 0 Å². The second-order valence-electron chi connectivity index (χ2n) is 5.16. The van der Waals surface area contributed by atoms with E-state index in [0.717, 1.165) is 25.7 Å². The Balaban J connectivity index is 2.23. The zero-order valence-electron chi connectivity index (χ0n) is 11.8. The molecule has 0 atom stereocenters. The van der Waals surface area contributed by atoms with Crippen LogP contribution in [0.2, 0.25) is 0 Å². The Morgan fingerprint density at radius 1 is 1.50 bits per heavy atom. The predicted octanol–water partition coefficient (Wildman–Crippen LogP) is 1.64. The second-order valence-corrected chi connectivity index (χ2v) is 6.69. The summed E-state index contributed by atoms with van der Waals surface area (Å²) < 4.78 is 28.0. The molecule has 7 heteroatoms. The molecule has 1 aromatic rings. The highest BCUT2D eigenvalue weighted by Crippen LogP contribution is 2.30. The number of rotatable bonds is 6. The summed E-state index contributed by atoms with van der Waals surface area (Å²) in [6.07, 6.45) is 3.91. The van der Waals surface area contributed by atoms with Gasteiger partial charge in [0, 0.05) is 18.7 Å². The first kappa shape index (κ1) is 15.1. The maximum atomic E-state index is 12.4. The van der Waals surface area contributed by atoms with Crippen molar-refractivity contribution in [2.24, 2.45) is 5.14 Å². The predicted molar refractivity (Wildman–Crippen MR) is 73.8 cm³/mol. The first-order valence-electron chi connectivity index (χ1n) is 6.78. The third kappa shape index (κ3) is 3.21. The number of furan rings is 1. The molecule has 6 nitrogen and oxygen atoms in total. The number of amides is 1. The Hall–Kier alpha value is -1.34. The van der Waals surface area contributed by atoms with E-state index in [1.54, 1.807) is 4.90 Å². The van der Waals surface area contributed by atoms with Crippen LogP contribution in [0.4, 0.5) is 0 Å². The van der Waals surface area contributed by atoms with Crippen LogP contribution in [0, 0.1) is 6.92 Å². The van der Waals surface area contributed by atoms with Crippen molar-refractivity contribution in [1.82, 2.24) is 4.90 Å². The van der Waals surface area contributed by atoms with Gasteiger partial charge in [0.2, 0.25) is 10.0 Å². The van der Waals surface area contributed by atoms with Gasteiger partial charge >= 0.3 is 0 Å². The van der Waals surface area contributed by atoms with Gasteiger partial charge in [0.1, 0.15) is 10.7 Å². The fourth-order valence-corrected chi connectivity index (χ4v) is 2.87. The van der Waals surface area contributed by atoms with Gasteiger partial charge in [-0.1, -0.05) is 13.3 Å². The second kappa shape index (κ2) is 5.57. The number of carbonyl (C=O) groups excluding carboxylic acids is 1. The van der Waals surface area contributed by atoms with Gasteiger partial charge in [-0.3, -0.25) is 4.79 Å². The van der Waals surface area contributed by atoms with Gasteiger partial charge in [-0.2, -0.15) is 0 Å². The quantitative estimate of drug-likeness (QED) is 0.864. The minimum absolute atomic E-state index is 0.0505. The van der Waals surface area contributed by atoms with E-state index in [2.05, 4.69) is 6.92 Å². The van der Waals surface area contributed by atoms with E-state index in [1.165, 1.54) is 13.0 Å². The van der Waals surface area contributed by atoms with Crippen molar-refractivity contribution >= 4 is 15.9 Å². The molecule has 1 fully saturated rings. The van der Waals surface area contributed by atoms with Gasteiger partial charge in [-0.25, -0.2) is 13.6 Å². The van der Waals surface area contributed by atoms with Gasteiger partial charge in [-0.15, -0.1) is 0 Å². The lowest BCUT2D eigenvalue weighted by Crippen LogP contribution is -2.33. The van der Waals surface area contributed by atoms with E-state index in [9.17, 15) is 13.2 Å². The highest BCUT2D eigenvalue weighted by Gasteiger charge is 2.34. The van der Waals surface area contributed by atoms with Gasteiger partial charge < -0.3 is 9.32 Å². The van der Waals surface area contributed by atoms with Gasteiger partial charge in [-0.05, 0) is 26.2 Å². The third-order valence-electron chi connectivity index (χ3n) is 3.39. The summed E-state index contributed by atoms with van der Waals surface area (Å²) in [6, 6.07) is 1.49. The lowest BCUT2D eigenvalue weighted by Gasteiger charge is -2.20. The van der Waals surface area contributed by atoms with Crippen molar-refractivity contribution in [3.8, 4) is 0 Å². The van der Waals surface area contributed by atoms with Gasteiger partial charge in [0.05, 0.1) is 0 Å². The lowest BCUT2D eigenvalue weighted by molar-refractivity contribution is 0.0707. The van der Waals surface area contributed by atoms with Crippen LogP contribution in [-0.2, 0) is 10.0 Å². The number of nitrogens with two attached hydrogens (primary N) is 1. The summed E-state index contributed by atoms with van der Waals surface area (Å²) in [4.78, 5) is 14.1. The van der Waals surface area contributed by atoms with Crippen LogP contribution in [0.25, 0.3) is 0 Å². The lowest BCUT2D eigenvalue weighted by atomic mass is 10.3. The molecule has 1 heterocycles. The van der Waals surface area contributed by atoms with E-state index in [4.69, 9.17) is 9.56 Å². The number of aryl methyl sites for hydroxylation is 1. The number of sulfonamides is 1. The van der Waals surface area contributed by atoms with Crippen molar-refractivity contribution in [2.75, 3.05) is 6.54 Å².